The van der Waals surface area contributed by atoms with E-state index < -0.39 is 0 Å². The number of halogens is 1. The maximum Gasteiger partial charge on any atom is 0.0899 e. The van der Waals surface area contributed by atoms with Crippen LogP contribution in [-0.4, -0.2) is 41.2 Å². The minimum atomic E-state index is 0.635. The van der Waals surface area contributed by atoms with E-state index in [1.165, 1.54) is 5.56 Å². The zero-order valence-corrected chi connectivity index (χ0v) is 14.5. The third-order valence-electron chi connectivity index (χ3n) is 4.42. The van der Waals surface area contributed by atoms with Crippen LogP contribution in [0, 0.1) is 0 Å². The molecule has 5 nitrogen and oxygen atoms in total. The topological polar surface area (TPSA) is 64.3 Å². The fourth-order valence-electron chi connectivity index (χ4n) is 3.10. The highest BCUT2D eigenvalue weighted by atomic mass is 35.5. The predicted octanol–water partition coefficient (Wildman–Crippen LogP) is 3.36. The van der Waals surface area contributed by atoms with Crippen LogP contribution in [0.15, 0.2) is 42.6 Å². The molecule has 0 amide bonds. The number of morpholine rings is 1. The summed E-state index contributed by atoms with van der Waals surface area (Å²) in [6.45, 7) is 4.25. The van der Waals surface area contributed by atoms with E-state index in [1.807, 2.05) is 24.3 Å². The molecule has 1 saturated heterocycles. The van der Waals surface area contributed by atoms with Gasteiger partial charge in [0.2, 0.25) is 0 Å². The van der Waals surface area contributed by atoms with Gasteiger partial charge in [0.25, 0.3) is 0 Å². The molecule has 25 heavy (non-hydrogen) atoms. The molecule has 4 rings (SSSR count). The van der Waals surface area contributed by atoms with Crippen molar-refractivity contribution < 1.29 is 4.74 Å². The quantitative estimate of drug-likeness (QED) is 0.781. The van der Waals surface area contributed by atoms with Crippen molar-refractivity contribution in [1.82, 2.24) is 14.9 Å². The van der Waals surface area contributed by atoms with Crippen LogP contribution in [0.25, 0.3) is 22.3 Å². The Bertz CT molecular complexity index is 892. The van der Waals surface area contributed by atoms with Crippen molar-refractivity contribution in [3.63, 3.8) is 0 Å². The second-order valence-electron chi connectivity index (χ2n) is 6.17. The Morgan fingerprint density at radius 3 is 2.72 bits per heavy atom. The van der Waals surface area contributed by atoms with E-state index in [2.05, 4.69) is 22.0 Å². The Morgan fingerprint density at radius 1 is 1.12 bits per heavy atom. The molecule has 0 spiro atoms. The van der Waals surface area contributed by atoms with Gasteiger partial charge in [-0.3, -0.25) is 9.88 Å². The van der Waals surface area contributed by atoms with Gasteiger partial charge in [0.15, 0.2) is 0 Å². The van der Waals surface area contributed by atoms with Gasteiger partial charge in [-0.15, -0.1) is 0 Å². The normalized spacial score (nSPS) is 15.6. The number of hydrogen-bond acceptors (Lipinski definition) is 5. The van der Waals surface area contributed by atoms with Crippen molar-refractivity contribution in [1.29, 1.82) is 0 Å². The maximum absolute atomic E-state index is 6.42. The summed E-state index contributed by atoms with van der Waals surface area (Å²) >= 11 is 6.42. The summed E-state index contributed by atoms with van der Waals surface area (Å²) in [4.78, 5) is 11.5. The molecule has 3 aromatic rings. The van der Waals surface area contributed by atoms with Gasteiger partial charge in [-0.25, -0.2) is 4.98 Å². The van der Waals surface area contributed by atoms with Gasteiger partial charge in [0.1, 0.15) is 0 Å². The molecule has 0 atom stereocenters. The second-order valence-corrected chi connectivity index (χ2v) is 6.58. The van der Waals surface area contributed by atoms with E-state index in [0.717, 1.165) is 55.1 Å². The summed E-state index contributed by atoms with van der Waals surface area (Å²) in [5, 5.41) is 1.73. The average Bonchev–Trinajstić information content (AvgIpc) is 2.64. The highest BCUT2D eigenvalue weighted by Crippen LogP contribution is 2.29. The van der Waals surface area contributed by atoms with Crippen molar-refractivity contribution in [2.75, 3.05) is 32.0 Å². The lowest BCUT2D eigenvalue weighted by Gasteiger charge is -2.27. The average molecular weight is 355 g/mol. The van der Waals surface area contributed by atoms with Crippen LogP contribution in [0.2, 0.25) is 5.02 Å². The Hall–Kier alpha value is -2.21. The fourth-order valence-corrected chi connectivity index (χ4v) is 3.32. The number of nitrogen functional groups attached to an aromatic ring is 1. The molecule has 1 fully saturated rings. The first-order valence-electron chi connectivity index (χ1n) is 8.31. The molecule has 0 aliphatic carbocycles. The summed E-state index contributed by atoms with van der Waals surface area (Å²) in [5.74, 6) is 0. The Kier molecular flexibility index (Phi) is 4.53. The van der Waals surface area contributed by atoms with Crippen molar-refractivity contribution in [3.05, 3.63) is 53.2 Å². The smallest absolute Gasteiger partial charge is 0.0899 e. The van der Waals surface area contributed by atoms with Gasteiger partial charge in [-0.2, -0.15) is 0 Å². The molecule has 1 aromatic carbocycles. The van der Waals surface area contributed by atoms with E-state index >= 15 is 0 Å². The standard InChI is InChI=1S/C19H19ClN4O/c20-16-3-1-2-15-13(12-24-6-8-25-9-7-24)10-18(23-19(15)16)17-5-4-14(21)11-22-17/h1-5,10-11H,6-9,12,21H2. The molecule has 2 aromatic heterocycles. The second kappa shape index (κ2) is 6.96. The third kappa shape index (κ3) is 3.44. The van der Waals surface area contributed by atoms with Gasteiger partial charge in [0.05, 0.1) is 47.0 Å². The lowest BCUT2D eigenvalue weighted by molar-refractivity contribution is 0.0344. The summed E-state index contributed by atoms with van der Waals surface area (Å²) in [6.07, 6.45) is 1.65. The van der Waals surface area contributed by atoms with E-state index in [4.69, 9.17) is 27.1 Å². The Labute approximate surface area is 151 Å². The molecule has 3 heterocycles. The molecular formula is C19H19ClN4O. The van der Waals surface area contributed by atoms with Gasteiger partial charge in [-0.05, 0) is 29.8 Å². The highest BCUT2D eigenvalue weighted by Gasteiger charge is 2.15. The summed E-state index contributed by atoms with van der Waals surface area (Å²) < 4.78 is 5.45. The molecular weight excluding hydrogens is 336 g/mol. The van der Waals surface area contributed by atoms with E-state index in [9.17, 15) is 0 Å². The molecule has 0 unspecified atom stereocenters. The first-order valence-corrected chi connectivity index (χ1v) is 8.68. The van der Waals surface area contributed by atoms with Crippen LogP contribution >= 0.6 is 11.6 Å². The number of aromatic nitrogens is 2. The fraction of sp³-hybridized carbons (Fsp3) is 0.263. The molecule has 0 bridgehead atoms. The van der Waals surface area contributed by atoms with Crippen LogP contribution in [0.1, 0.15) is 5.56 Å². The number of benzene rings is 1. The van der Waals surface area contributed by atoms with Crippen LogP contribution in [-0.2, 0) is 11.3 Å². The Balaban J connectivity index is 1.81. The first-order chi connectivity index (χ1) is 12.2. The zero-order chi connectivity index (χ0) is 17.2. The number of pyridine rings is 2. The number of anilines is 1. The number of hydrogen-bond donors (Lipinski definition) is 1. The Morgan fingerprint density at radius 2 is 1.96 bits per heavy atom. The third-order valence-corrected chi connectivity index (χ3v) is 4.73. The lowest BCUT2D eigenvalue weighted by atomic mass is 10.1. The van der Waals surface area contributed by atoms with Crippen LogP contribution in [0.4, 0.5) is 5.69 Å². The van der Waals surface area contributed by atoms with Crippen molar-refractivity contribution in [2.24, 2.45) is 0 Å². The lowest BCUT2D eigenvalue weighted by Crippen LogP contribution is -2.35. The number of fused-ring (bicyclic) bond motifs is 1. The molecule has 1 aliphatic rings. The summed E-state index contributed by atoms with van der Waals surface area (Å²) in [6, 6.07) is 11.7. The number of ether oxygens (including phenoxy) is 1. The number of nitrogens with zero attached hydrogens (tertiary/aromatic N) is 3. The monoisotopic (exact) mass is 354 g/mol. The van der Waals surface area contributed by atoms with Gasteiger partial charge in [-0.1, -0.05) is 23.7 Å². The molecule has 1 aliphatic heterocycles. The maximum atomic E-state index is 6.42. The van der Waals surface area contributed by atoms with Crippen LogP contribution < -0.4 is 5.73 Å². The number of nitrogens with two attached hydrogens (primary N) is 1. The van der Waals surface area contributed by atoms with Crippen LogP contribution in [0.5, 0.6) is 0 Å². The molecule has 0 radical (unpaired) electrons. The number of para-hydroxylation sites is 1. The molecule has 2 N–H and O–H groups in total. The predicted molar refractivity (Wildman–Crippen MR) is 100 cm³/mol. The largest absolute Gasteiger partial charge is 0.397 e. The zero-order valence-electron chi connectivity index (χ0n) is 13.8. The van der Waals surface area contributed by atoms with E-state index in [1.54, 1.807) is 6.20 Å². The minimum absolute atomic E-state index is 0.635. The molecule has 6 heteroatoms. The van der Waals surface area contributed by atoms with Crippen LogP contribution in [0.3, 0.4) is 0 Å². The van der Waals surface area contributed by atoms with Crippen molar-refractivity contribution >= 4 is 28.2 Å². The summed E-state index contributed by atoms with van der Waals surface area (Å²) in [5.41, 5.74) is 9.99. The van der Waals surface area contributed by atoms with Gasteiger partial charge < -0.3 is 10.5 Å². The SMILES string of the molecule is Nc1ccc(-c2cc(CN3CCOCC3)c3cccc(Cl)c3n2)nc1. The summed E-state index contributed by atoms with van der Waals surface area (Å²) in [7, 11) is 0. The molecule has 128 valence electrons. The van der Waals surface area contributed by atoms with Gasteiger partial charge in [0, 0.05) is 25.0 Å². The first kappa shape index (κ1) is 16.3. The highest BCUT2D eigenvalue weighted by molar-refractivity contribution is 6.35. The van der Waals surface area contributed by atoms with Crippen molar-refractivity contribution in [2.45, 2.75) is 6.54 Å². The minimum Gasteiger partial charge on any atom is -0.397 e. The van der Waals surface area contributed by atoms with E-state index in [-0.39, 0.29) is 0 Å². The number of rotatable bonds is 3. The van der Waals surface area contributed by atoms with E-state index in [0.29, 0.717) is 10.7 Å². The molecule has 0 saturated carbocycles. The van der Waals surface area contributed by atoms with Gasteiger partial charge >= 0.3 is 0 Å². The van der Waals surface area contributed by atoms with Crippen molar-refractivity contribution in [3.8, 4) is 11.4 Å².